The smallest absolute Gasteiger partial charge is 0.147 e. The molecule has 1 nitrogen and oxygen atoms in total. The molecule has 1 aromatic carbocycles. The van der Waals surface area contributed by atoms with Crippen LogP contribution in [0, 0.1) is 5.82 Å². The Hall–Kier alpha value is -0.350. The van der Waals surface area contributed by atoms with Crippen LogP contribution in [0.4, 0.5) is 10.1 Å². The molecule has 0 amide bonds. The van der Waals surface area contributed by atoms with Crippen LogP contribution in [0.25, 0.3) is 0 Å². The molecule has 0 saturated carbocycles. The molecule has 1 aromatic rings. The van der Waals surface area contributed by atoms with Crippen molar-refractivity contribution in [3.8, 4) is 0 Å². The van der Waals surface area contributed by atoms with Crippen LogP contribution in [-0.4, -0.2) is 6.54 Å². The van der Waals surface area contributed by atoms with Crippen molar-refractivity contribution in [1.82, 2.24) is 0 Å². The van der Waals surface area contributed by atoms with Gasteiger partial charge in [-0.05, 0) is 18.2 Å². The summed E-state index contributed by atoms with van der Waals surface area (Å²) >= 11 is 6.36. The Morgan fingerprint density at radius 2 is 2.23 bits per heavy atom. The van der Waals surface area contributed by atoms with E-state index in [9.17, 15) is 4.39 Å². The van der Waals surface area contributed by atoms with Gasteiger partial charge in [-0.3, -0.25) is 0 Å². The zero-order valence-electron chi connectivity index (χ0n) is 6.78. The van der Waals surface area contributed by atoms with Crippen LogP contribution in [0.3, 0.4) is 0 Å². The van der Waals surface area contributed by atoms with Crippen molar-refractivity contribution in [2.75, 3.05) is 11.9 Å². The normalized spacial score (nSPS) is 9.77. The van der Waals surface area contributed by atoms with Gasteiger partial charge >= 0.3 is 0 Å². The molecule has 13 heavy (non-hydrogen) atoms. The molecule has 0 spiro atoms. The van der Waals surface area contributed by atoms with E-state index in [4.69, 9.17) is 0 Å². The highest BCUT2D eigenvalue weighted by molar-refractivity contribution is 9.11. The topological polar surface area (TPSA) is 12.0 Å². The number of rotatable bonds is 3. The van der Waals surface area contributed by atoms with Gasteiger partial charge in [0.2, 0.25) is 0 Å². The summed E-state index contributed by atoms with van der Waals surface area (Å²) in [4.78, 5) is 0. The molecule has 0 aliphatic rings. The first-order valence-corrected chi connectivity index (χ1v) is 5.20. The summed E-state index contributed by atoms with van der Waals surface area (Å²) in [5.74, 6) is -0.275. The summed E-state index contributed by atoms with van der Waals surface area (Å²) in [5, 5.41) is 2.90. The maximum Gasteiger partial charge on any atom is 0.147 e. The van der Waals surface area contributed by atoms with Crippen LogP contribution in [0.2, 0.25) is 0 Å². The third-order valence-corrected chi connectivity index (χ3v) is 2.18. The first kappa shape index (κ1) is 10.7. The van der Waals surface area contributed by atoms with E-state index in [1.54, 1.807) is 12.1 Å². The van der Waals surface area contributed by atoms with Gasteiger partial charge in [-0.15, -0.1) is 0 Å². The standard InChI is InChI=1S/C9H8Br2FN/c1-6(10)5-13-9-3-2-7(11)4-8(9)12/h2-4,13H,1,5H2. The predicted molar refractivity (Wildman–Crippen MR) is 60.7 cm³/mol. The number of nitrogens with one attached hydrogen (secondary N) is 1. The molecule has 0 heterocycles. The van der Waals surface area contributed by atoms with Gasteiger partial charge in [-0.1, -0.05) is 38.4 Å². The van der Waals surface area contributed by atoms with Crippen molar-refractivity contribution < 1.29 is 4.39 Å². The summed E-state index contributed by atoms with van der Waals surface area (Å²) in [7, 11) is 0. The highest BCUT2D eigenvalue weighted by Crippen LogP contribution is 2.19. The lowest BCUT2D eigenvalue weighted by atomic mass is 10.3. The Balaban J connectivity index is 2.72. The van der Waals surface area contributed by atoms with Crippen molar-refractivity contribution in [3.63, 3.8) is 0 Å². The van der Waals surface area contributed by atoms with E-state index in [-0.39, 0.29) is 5.82 Å². The largest absolute Gasteiger partial charge is 0.378 e. The molecule has 70 valence electrons. The summed E-state index contributed by atoms with van der Waals surface area (Å²) in [6, 6.07) is 4.87. The maximum atomic E-state index is 13.2. The Morgan fingerprint density at radius 1 is 1.54 bits per heavy atom. The molecule has 0 unspecified atom stereocenters. The highest BCUT2D eigenvalue weighted by atomic mass is 79.9. The van der Waals surface area contributed by atoms with Crippen LogP contribution < -0.4 is 5.32 Å². The molecule has 0 saturated heterocycles. The van der Waals surface area contributed by atoms with Crippen LogP contribution >= 0.6 is 31.9 Å². The molecular formula is C9H8Br2FN. The van der Waals surface area contributed by atoms with Crippen molar-refractivity contribution in [1.29, 1.82) is 0 Å². The molecule has 0 radical (unpaired) electrons. The van der Waals surface area contributed by atoms with E-state index < -0.39 is 0 Å². The minimum Gasteiger partial charge on any atom is -0.378 e. The average Bonchev–Trinajstić information content (AvgIpc) is 2.02. The van der Waals surface area contributed by atoms with Crippen molar-refractivity contribution in [2.45, 2.75) is 0 Å². The lowest BCUT2D eigenvalue weighted by molar-refractivity contribution is 0.630. The van der Waals surface area contributed by atoms with E-state index in [1.807, 2.05) is 0 Å². The predicted octanol–water partition coefficient (Wildman–Crippen LogP) is 3.91. The van der Waals surface area contributed by atoms with Gasteiger partial charge in [-0.2, -0.15) is 0 Å². The third kappa shape index (κ3) is 3.48. The van der Waals surface area contributed by atoms with E-state index in [0.717, 1.165) is 8.96 Å². The summed E-state index contributed by atoms with van der Waals surface area (Å²) < 4.78 is 14.7. The van der Waals surface area contributed by atoms with Crippen molar-refractivity contribution in [2.24, 2.45) is 0 Å². The van der Waals surface area contributed by atoms with Crippen LogP contribution in [0.5, 0.6) is 0 Å². The lowest BCUT2D eigenvalue weighted by Gasteiger charge is -2.06. The van der Waals surface area contributed by atoms with Gasteiger partial charge in [-0.25, -0.2) is 4.39 Å². The minimum atomic E-state index is -0.275. The minimum absolute atomic E-state index is 0.275. The van der Waals surface area contributed by atoms with Gasteiger partial charge in [0, 0.05) is 15.5 Å². The molecule has 0 aromatic heterocycles. The molecule has 0 aliphatic heterocycles. The number of hydrogen-bond acceptors (Lipinski definition) is 1. The van der Waals surface area contributed by atoms with Crippen LogP contribution in [-0.2, 0) is 0 Å². The molecule has 1 N–H and O–H groups in total. The molecule has 0 aliphatic carbocycles. The molecule has 0 bridgehead atoms. The van der Waals surface area contributed by atoms with Gasteiger partial charge in [0.15, 0.2) is 0 Å². The molecule has 0 atom stereocenters. The highest BCUT2D eigenvalue weighted by Gasteiger charge is 2.01. The van der Waals surface area contributed by atoms with E-state index in [1.165, 1.54) is 6.07 Å². The molecule has 1 rings (SSSR count). The van der Waals surface area contributed by atoms with Crippen LogP contribution in [0.15, 0.2) is 33.7 Å². The van der Waals surface area contributed by atoms with Gasteiger partial charge in [0.1, 0.15) is 5.82 Å². The first-order chi connectivity index (χ1) is 6.09. The summed E-state index contributed by atoms with van der Waals surface area (Å²) in [5.41, 5.74) is 0.476. The SMILES string of the molecule is C=C(Br)CNc1ccc(Br)cc1F. The Bertz CT molecular complexity index is 325. The fraction of sp³-hybridized carbons (Fsp3) is 0.111. The van der Waals surface area contributed by atoms with Crippen molar-refractivity contribution >= 4 is 37.5 Å². The fourth-order valence-corrected chi connectivity index (χ4v) is 1.30. The molecule has 4 heteroatoms. The second kappa shape index (κ2) is 4.77. The Morgan fingerprint density at radius 3 is 2.77 bits per heavy atom. The van der Waals surface area contributed by atoms with Gasteiger partial charge in [0.25, 0.3) is 0 Å². The third-order valence-electron chi connectivity index (χ3n) is 1.40. The van der Waals surface area contributed by atoms with E-state index in [0.29, 0.717) is 12.2 Å². The number of benzene rings is 1. The zero-order valence-corrected chi connectivity index (χ0v) is 9.95. The Kier molecular flexibility index (Phi) is 3.93. The van der Waals surface area contributed by atoms with Crippen molar-refractivity contribution in [3.05, 3.63) is 39.6 Å². The number of halogens is 3. The molecule has 0 fully saturated rings. The fourth-order valence-electron chi connectivity index (χ4n) is 0.824. The second-order valence-electron chi connectivity index (χ2n) is 2.49. The summed E-state index contributed by atoms with van der Waals surface area (Å²) in [6.45, 7) is 4.15. The molecular weight excluding hydrogens is 301 g/mol. The Labute approximate surface area is 93.3 Å². The second-order valence-corrected chi connectivity index (χ2v) is 4.53. The van der Waals surface area contributed by atoms with Gasteiger partial charge in [0.05, 0.1) is 5.69 Å². The van der Waals surface area contributed by atoms with E-state index in [2.05, 4.69) is 43.8 Å². The zero-order chi connectivity index (χ0) is 9.84. The maximum absolute atomic E-state index is 13.2. The summed E-state index contributed by atoms with van der Waals surface area (Å²) in [6.07, 6.45) is 0. The van der Waals surface area contributed by atoms with Crippen LogP contribution in [0.1, 0.15) is 0 Å². The monoisotopic (exact) mass is 307 g/mol. The average molecular weight is 309 g/mol. The lowest BCUT2D eigenvalue weighted by Crippen LogP contribution is -2.02. The quantitative estimate of drug-likeness (QED) is 0.893. The van der Waals surface area contributed by atoms with Gasteiger partial charge < -0.3 is 5.32 Å². The number of hydrogen-bond donors (Lipinski definition) is 1. The first-order valence-electron chi connectivity index (χ1n) is 3.62. The number of anilines is 1. The van der Waals surface area contributed by atoms with E-state index >= 15 is 0 Å².